The average molecular weight is 484 g/mol. The summed E-state index contributed by atoms with van der Waals surface area (Å²) in [5.74, 6) is 1.25. The number of carbonyl (C=O) groups excluding carboxylic acids is 1. The molecule has 0 bridgehead atoms. The maximum Gasteiger partial charge on any atom is 0.268 e. The number of piperidine rings is 1. The number of amides is 1. The molecule has 4 heterocycles. The number of rotatable bonds is 4. The van der Waals surface area contributed by atoms with Crippen molar-refractivity contribution in [2.75, 3.05) is 13.1 Å². The van der Waals surface area contributed by atoms with Crippen LogP contribution in [0.2, 0.25) is 5.02 Å². The molecule has 1 saturated heterocycles. The van der Waals surface area contributed by atoms with Gasteiger partial charge in [0.1, 0.15) is 11.4 Å². The molecular formula is C23H22ClN5O3S. The molecule has 0 N–H and O–H groups in total. The second kappa shape index (κ2) is 8.72. The fourth-order valence-electron chi connectivity index (χ4n) is 4.05. The monoisotopic (exact) mass is 483 g/mol. The maximum absolute atomic E-state index is 13.2. The summed E-state index contributed by atoms with van der Waals surface area (Å²) >= 11 is 7.56. The Morgan fingerprint density at radius 3 is 2.79 bits per heavy atom. The van der Waals surface area contributed by atoms with Crippen LogP contribution in [-0.2, 0) is 11.3 Å². The second-order valence-corrected chi connectivity index (χ2v) is 9.79. The number of aryl methyl sites for hydroxylation is 1. The lowest BCUT2D eigenvalue weighted by Crippen LogP contribution is -2.41. The molecule has 33 heavy (non-hydrogen) atoms. The number of aromatic nitrogens is 4. The maximum atomic E-state index is 13.2. The van der Waals surface area contributed by atoms with E-state index < -0.39 is 0 Å². The quantitative estimate of drug-likeness (QED) is 0.427. The van der Waals surface area contributed by atoms with Crippen molar-refractivity contribution >= 4 is 39.1 Å². The van der Waals surface area contributed by atoms with Crippen LogP contribution in [0.4, 0.5) is 0 Å². The van der Waals surface area contributed by atoms with E-state index in [1.54, 1.807) is 6.07 Å². The van der Waals surface area contributed by atoms with Crippen LogP contribution in [0.15, 0.2) is 39.9 Å². The van der Waals surface area contributed by atoms with Crippen LogP contribution < -0.4 is 5.56 Å². The first-order valence-corrected chi connectivity index (χ1v) is 12.0. The van der Waals surface area contributed by atoms with Crippen molar-refractivity contribution in [3.05, 3.63) is 51.5 Å². The molecule has 0 unspecified atom stereocenters. The molecule has 1 aliphatic rings. The SMILES string of the molecule is Cc1c(-c2nc(-c3ccccc3Cl)no2)sc2ncn(CC(=O)N3CCC(C)CC3)c(=O)c12. The number of likely N-dealkylation sites (tertiary alicyclic amines) is 1. The Morgan fingerprint density at radius 2 is 2.03 bits per heavy atom. The topological polar surface area (TPSA) is 94.1 Å². The molecule has 170 valence electrons. The van der Waals surface area contributed by atoms with Crippen molar-refractivity contribution in [2.24, 2.45) is 5.92 Å². The van der Waals surface area contributed by atoms with E-state index in [2.05, 4.69) is 22.0 Å². The molecule has 4 aromatic rings. The number of carbonyl (C=O) groups is 1. The van der Waals surface area contributed by atoms with E-state index in [9.17, 15) is 9.59 Å². The minimum absolute atomic E-state index is 0.0159. The van der Waals surface area contributed by atoms with Crippen molar-refractivity contribution in [1.82, 2.24) is 24.6 Å². The van der Waals surface area contributed by atoms with Crippen molar-refractivity contribution in [3.8, 4) is 22.2 Å². The van der Waals surface area contributed by atoms with Gasteiger partial charge in [-0.05, 0) is 43.4 Å². The molecule has 5 rings (SSSR count). The summed E-state index contributed by atoms with van der Waals surface area (Å²) < 4.78 is 6.87. The number of thiophene rings is 1. The lowest BCUT2D eigenvalue weighted by atomic mass is 9.99. The molecule has 10 heteroatoms. The molecule has 0 atom stereocenters. The Labute approximate surface area is 198 Å². The molecule has 0 aliphatic carbocycles. The molecule has 1 fully saturated rings. The summed E-state index contributed by atoms with van der Waals surface area (Å²) in [7, 11) is 0. The Bertz CT molecular complexity index is 1400. The molecule has 1 amide bonds. The summed E-state index contributed by atoms with van der Waals surface area (Å²) in [6.07, 6.45) is 3.43. The molecule has 3 aromatic heterocycles. The highest BCUT2D eigenvalue weighted by atomic mass is 35.5. The van der Waals surface area contributed by atoms with E-state index in [4.69, 9.17) is 16.1 Å². The van der Waals surface area contributed by atoms with Gasteiger partial charge in [0, 0.05) is 18.7 Å². The van der Waals surface area contributed by atoms with Gasteiger partial charge in [0.15, 0.2) is 0 Å². The molecule has 1 aliphatic heterocycles. The minimum atomic E-state index is -0.246. The summed E-state index contributed by atoms with van der Waals surface area (Å²) in [5, 5.41) is 5.04. The van der Waals surface area contributed by atoms with Crippen LogP contribution in [0.1, 0.15) is 25.3 Å². The Hall–Kier alpha value is -3.04. The highest BCUT2D eigenvalue weighted by Gasteiger charge is 2.24. The highest BCUT2D eigenvalue weighted by Crippen LogP contribution is 2.36. The fraction of sp³-hybridized carbons (Fsp3) is 0.348. The van der Waals surface area contributed by atoms with E-state index in [0.717, 1.165) is 25.9 Å². The second-order valence-electron chi connectivity index (χ2n) is 8.38. The number of fused-ring (bicyclic) bond motifs is 1. The van der Waals surface area contributed by atoms with Crippen molar-refractivity contribution < 1.29 is 9.32 Å². The normalized spacial score (nSPS) is 14.8. The van der Waals surface area contributed by atoms with Gasteiger partial charge in [0.05, 0.1) is 21.6 Å². The Kier molecular flexibility index (Phi) is 5.76. The molecule has 0 spiro atoms. The van der Waals surface area contributed by atoms with Gasteiger partial charge in [-0.3, -0.25) is 14.2 Å². The summed E-state index contributed by atoms with van der Waals surface area (Å²) in [5.41, 5.74) is 1.12. The van der Waals surface area contributed by atoms with Crippen molar-refractivity contribution in [2.45, 2.75) is 33.2 Å². The molecular weight excluding hydrogens is 462 g/mol. The zero-order valence-corrected chi connectivity index (χ0v) is 19.8. The number of hydrogen-bond acceptors (Lipinski definition) is 7. The Balaban J connectivity index is 1.45. The van der Waals surface area contributed by atoms with Crippen LogP contribution in [0.3, 0.4) is 0 Å². The standard InChI is InChI=1S/C23H22ClN5O3S/c1-13-7-9-28(10-8-13)17(30)11-29-12-25-22-18(23(29)31)14(2)19(33-22)21-26-20(27-32-21)15-5-3-4-6-16(15)24/h3-6,12-13H,7-11H2,1-2H3. The van der Waals surface area contributed by atoms with Crippen LogP contribution in [0.5, 0.6) is 0 Å². The summed E-state index contributed by atoms with van der Waals surface area (Å²) in [6.45, 7) is 5.47. The van der Waals surface area contributed by atoms with E-state index in [1.807, 2.05) is 30.0 Å². The summed E-state index contributed by atoms with van der Waals surface area (Å²) in [4.78, 5) is 37.9. The van der Waals surface area contributed by atoms with Gasteiger partial charge in [0.25, 0.3) is 11.4 Å². The number of benzene rings is 1. The number of halogens is 1. The summed E-state index contributed by atoms with van der Waals surface area (Å²) in [6, 6.07) is 7.25. The van der Waals surface area contributed by atoms with Gasteiger partial charge in [-0.2, -0.15) is 4.98 Å². The van der Waals surface area contributed by atoms with Crippen molar-refractivity contribution in [1.29, 1.82) is 0 Å². The lowest BCUT2D eigenvalue weighted by Gasteiger charge is -2.30. The van der Waals surface area contributed by atoms with Gasteiger partial charge < -0.3 is 9.42 Å². The first-order chi connectivity index (χ1) is 15.9. The van der Waals surface area contributed by atoms with Gasteiger partial charge in [-0.15, -0.1) is 11.3 Å². The minimum Gasteiger partial charge on any atom is -0.341 e. The molecule has 0 radical (unpaired) electrons. The molecule has 1 aromatic carbocycles. The van der Waals surface area contributed by atoms with E-state index in [1.165, 1.54) is 22.2 Å². The van der Waals surface area contributed by atoms with Crippen LogP contribution in [0, 0.1) is 12.8 Å². The zero-order chi connectivity index (χ0) is 23.1. The zero-order valence-electron chi connectivity index (χ0n) is 18.2. The predicted octanol–water partition coefficient (Wildman–Crippen LogP) is 4.40. The average Bonchev–Trinajstić information content (AvgIpc) is 3.41. The van der Waals surface area contributed by atoms with Crippen LogP contribution >= 0.6 is 22.9 Å². The third-order valence-corrected chi connectivity index (χ3v) is 7.61. The van der Waals surface area contributed by atoms with Crippen LogP contribution in [0.25, 0.3) is 32.4 Å². The smallest absolute Gasteiger partial charge is 0.268 e. The van der Waals surface area contributed by atoms with E-state index >= 15 is 0 Å². The van der Waals surface area contributed by atoms with E-state index in [0.29, 0.717) is 48.9 Å². The van der Waals surface area contributed by atoms with Gasteiger partial charge in [-0.25, -0.2) is 4.98 Å². The first kappa shape index (κ1) is 21.8. The first-order valence-electron chi connectivity index (χ1n) is 10.8. The van der Waals surface area contributed by atoms with Gasteiger partial charge in [0.2, 0.25) is 11.7 Å². The van der Waals surface area contributed by atoms with E-state index in [-0.39, 0.29) is 18.0 Å². The third kappa shape index (κ3) is 4.06. The van der Waals surface area contributed by atoms with Crippen LogP contribution in [-0.4, -0.2) is 43.6 Å². The molecule has 0 saturated carbocycles. The number of hydrogen-bond donors (Lipinski definition) is 0. The predicted molar refractivity (Wildman–Crippen MR) is 127 cm³/mol. The van der Waals surface area contributed by atoms with Crippen molar-refractivity contribution in [3.63, 3.8) is 0 Å². The number of nitrogens with zero attached hydrogens (tertiary/aromatic N) is 5. The lowest BCUT2D eigenvalue weighted by molar-refractivity contribution is -0.133. The largest absolute Gasteiger partial charge is 0.341 e. The van der Waals surface area contributed by atoms with Gasteiger partial charge >= 0.3 is 0 Å². The van der Waals surface area contributed by atoms with Gasteiger partial charge in [-0.1, -0.05) is 35.8 Å². The third-order valence-electron chi connectivity index (χ3n) is 6.09. The fourth-order valence-corrected chi connectivity index (χ4v) is 5.33. The highest BCUT2D eigenvalue weighted by molar-refractivity contribution is 7.22. The molecule has 8 nitrogen and oxygen atoms in total. The Morgan fingerprint density at radius 1 is 1.27 bits per heavy atom.